The van der Waals surface area contributed by atoms with Crippen molar-refractivity contribution in [3.05, 3.63) is 56.9 Å². The van der Waals surface area contributed by atoms with Gasteiger partial charge in [0.15, 0.2) is 0 Å². The van der Waals surface area contributed by atoms with Crippen molar-refractivity contribution < 1.29 is 5.11 Å². The lowest BCUT2D eigenvalue weighted by Gasteiger charge is -2.09. The van der Waals surface area contributed by atoms with Crippen molar-refractivity contribution in [2.45, 2.75) is 6.92 Å². The van der Waals surface area contributed by atoms with Crippen LogP contribution in [0.2, 0.25) is 0 Å². The third kappa shape index (κ3) is 2.02. The highest BCUT2D eigenvalue weighted by atomic mass is 79.9. The molecular weight excluding hydrogens is 270 g/mol. The second kappa shape index (κ2) is 4.14. The predicted octanol–water partition coefficient (Wildman–Crippen LogP) is 2.61. The fourth-order valence-electron chi connectivity index (χ4n) is 1.61. The second-order valence-corrected chi connectivity index (χ2v) is 4.42. The molecule has 1 N–H and O–H groups in total. The van der Waals surface area contributed by atoms with Gasteiger partial charge in [0.05, 0.1) is 0 Å². The van der Waals surface area contributed by atoms with Crippen LogP contribution >= 0.6 is 15.9 Å². The number of aromatic nitrogens is 1. The van der Waals surface area contributed by atoms with Crippen molar-refractivity contribution in [3.8, 4) is 11.4 Å². The minimum atomic E-state index is -0.236. The molecule has 0 atom stereocenters. The van der Waals surface area contributed by atoms with Gasteiger partial charge in [-0.2, -0.15) is 0 Å². The maximum absolute atomic E-state index is 11.7. The summed E-state index contributed by atoms with van der Waals surface area (Å²) in [6, 6.07) is 10.2. The van der Waals surface area contributed by atoms with Crippen molar-refractivity contribution in [1.82, 2.24) is 4.57 Å². The van der Waals surface area contributed by atoms with Crippen LogP contribution in [-0.2, 0) is 0 Å². The highest BCUT2D eigenvalue weighted by Crippen LogP contribution is 2.16. The first-order valence-corrected chi connectivity index (χ1v) is 5.56. The molecule has 4 heteroatoms. The molecule has 0 radical (unpaired) electrons. The Balaban J connectivity index is 2.65. The van der Waals surface area contributed by atoms with Gasteiger partial charge in [0, 0.05) is 21.9 Å². The third-order valence-corrected chi connectivity index (χ3v) is 2.81. The molecule has 1 aromatic carbocycles. The summed E-state index contributed by atoms with van der Waals surface area (Å²) < 4.78 is 2.51. The Kier molecular flexibility index (Phi) is 2.83. The van der Waals surface area contributed by atoms with Crippen LogP contribution in [0, 0.1) is 6.92 Å². The Bertz CT molecular complexity index is 573. The molecule has 0 amide bonds. The molecule has 3 nitrogen and oxygen atoms in total. The SMILES string of the molecule is Cc1cc(O)cc(=O)n1-c1ccc(Br)cc1. The van der Waals surface area contributed by atoms with Gasteiger partial charge in [0.2, 0.25) is 0 Å². The Hall–Kier alpha value is -1.55. The molecule has 0 fully saturated rings. The predicted molar refractivity (Wildman–Crippen MR) is 66.1 cm³/mol. The second-order valence-electron chi connectivity index (χ2n) is 3.50. The van der Waals surface area contributed by atoms with Crippen LogP contribution in [0.3, 0.4) is 0 Å². The molecule has 82 valence electrons. The van der Waals surface area contributed by atoms with Crippen LogP contribution in [0.4, 0.5) is 0 Å². The van der Waals surface area contributed by atoms with Crippen molar-refractivity contribution in [3.63, 3.8) is 0 Å². The van der Waals surface area contributed by atoms with Crippen LogP contribution in [0.25, 0.3) is 5.69 Å². The van der Waals surface area contributed by atoms with E-state index in [1.54, 1.807) is 17.6 Å². The number of benzene rings is 1. The first-order chi connectivity index (χ1) is 7.58. The van der Waals surface area contributed by atoms with Gasteiger partial charge in [-0.15, -0.1) is 0 Å². The highest BCUT2D eigenvalue weighted by molar-refractivity contribution is 9.10. The molecule has 0 bridgehead atoms. The standard InChI is InChI=1S/C12H10BrNO2/c1-8-6-11(15)7-12(16)14(8)10-4-2-9(13)3-5-10/h2-7,15H,1H3. The number of aromatic hydroxyl groups is 1. The highest BCUT2D eigenvalue weighted by Gasteiger charge is 2.04. The number of pyridine rings is 1. The third-order valence-electron chi connectivity index (χ3n) is 2.29. The zero-order valence-corrected chi connectivity index (χ0v) is 10.2. The van der Waals surface area contributed by atoms with E-state index in [1.165, 1.54) is 6.07 Å². The smallest absolute Gasteiger partial charge is 0.258 e. The maximum atomic E-state index is 11.7. The minimum Gasteiger partial charge on any atom is -0.508 e. The fourth-order valence-corrected chi connectivity index (χ4v) is 1.87. The normalized spacial score (nSPS) is 10.4. The topological polar surface area (TPSA) is 42.2 Å². The Morgan fingerprint density at radius 1 is 1.19 bits per heavy atom. The lowest BCUT2D eigenvalue weighted by atomic mass is 10.2. The first-order valence-electron chi connectivity index (χ1n) is 4.76. The number of nitrogens with zero attached hydrogens (tertiary/aromatic N) is 1. The summed E-state index contributed by atoms with van der Waals surface area (Å²) in [6.45, 7) is 1.78. The molecule has 0 aliphatic carbocycles. The number of hydrogen-bond acceptors (Lipinski definition) is 2. The minimum absolute atomic E-state index is 0.00383. The first kappa shape index (κ1) is 11.0. The van der Waals surface area contributed by atoms with Gasteiger partial charge in [0.25, 0.3) is 5.56 Å². The average molecular weight is 280 g/mol. The number of rotatable bonds is 1. The van der Waals surface area contributed by atoms with Crippen molar-refractivity contribution >= 4 is 15.9 Å². The van der Waals surface area contributed by atoms with Gasteiger partial charge in [-0.25, -0.2) is 0 Å². The lowest BCUT2D eigenvalue weighted by molar-refractivity contribution is 0.472. The molecule has 2 aromatic rings. The quantitative estimate of drug-likeness (QED) is 0.872. The molecular formula is C12H10BrNO2. The molecule has 1 aromatic heterocycles. The van der Waals surface area contributed by atoms with Gasteiger partial charge >= 0.3 is 0 Å². The maximum Gasteiger partial charge on any atom is 0.258 e. The van der Waals surface area contributed by atoms with Crippen LogP contribution < -0.4 is 5.56 Å². The molecule has 0 aliphatic heterocycles. The summed E-state index contributed by atoms with van der Waals surface area (Å²) in [4.78, 5) is 11.7. The van der Waals surface area contributed by atoms with Crippen molar-refractivity contribution in [1.29, 1.82) is 0 Å². The number of halogens is 1. The van der Waals surface area contributed by atoms with Gasteiger partial charge < -0.3 is 5.11 Å². The molecule has 0 aliphatic rings. The van der Waals surface area contributed by atoms with Gasteiger partial charge in [-0.3, -0.25) is 9.36 Å². The van der Waals surface area contributed by atoms with E-state index in [0.29, 0.717) is 5.69 Å². The lowest BCUT2D eigenvalue weighted by Crippen LogP contribution is -2.18. The van der Waals surface area contributed by atoms with Crippen LogP contribution in [-0.4, -0.2) is 9.67 Å². The molecule has 0 unspecified atom stereocenters. The summed E-state index contributed by atoms with van der Waals surface area (Å²) in [5.74, 6) is -0.00383. The van der Waals surface area contributed by atoms with Gasteiger partial charge in [-0.05, 0) is 37.3 Å². The van der Waals surface area contributed by atoms with E-state index in [-0.39, 0.29) is 11.3 Å². The zero-order valence-electron chi connectivity index (χ0n) is 8.64. The van der Waals surface area contributed by atoms with E-state index in [1.807, 2.05) is 24.3 Å². The summed E-state index contributed by atoms with van der Waals surface area (Å²) in [5, 5.41) is 9.29. The summed E-state index contributed by atoms with van der Waals surface area (Å²) in [7, 11) is 0. The van der Waals surface area contributed by atoms with E-state index >= 15 is 0 Å². The molecule has 0 saturated heterocycles. The fraction of sp³-hybridized carbons (Fsp3) is 0.0833. The zero-order chi connectivity index (χ0) is 11.7. The molecule has 0 spiro atoms. The monoisotopic (exact) mass is 279 g/mol. The van der Waals surface area contributed by atoms with Crippen molar-refractivity contribution in [2.75, 3.05) is 0 Å². The van der Waals surface area contributed by atoms with Crippen LogP contribution in [0.15, 0.2) is 45.7 Å². The number of hydrogen-bond donors (Lipinski definition) is 1. The summed E-state index contributed by atoms with van der Waals surface area (Å²) in [5.41, 5.74) is 1.25. The van der Waals surface area contributed by atoms with Gasteiger partial charge in [-0.1, -0.05) is 15.9 Å². The van der Waals surface area contributed by atoms with E-state index in [0.717, 1.165) is 10.2 Å². The molecule has 1 heterocycles. The van der Waals surface area contributed by atoms with E-state index in [2.05, 4.69) is 15.9 Å². The van der Waals surface area contributed by atoms with Crippen LogP contribution in [0.5, 0.6) is 5.75 Å². The van der Waals surface area contributed by atoms with E-state index < -0.39 is 0 Å². The van der Waals surface area contributed by atoms with Gasteiger partial charge in [0.1, 0.15) is 5.75 Å². The molecule has 2 rings (SSSR count). The Morgan fingerprint density at radius 2 is 1.81 bits per heavy atom. The summed E-state index contributed by atoms with van der Waals surface area (Å²) >= 11 is 3.34. The molecule has 16 heavy (non-hydrogen) atoms. The average Bonchev–Trinajstić information content (AvgIpc) is 2.19. The Labute approximate surface area is 101 Å². The number of aryl methyl sites for hydroxylation is 1. The molecule has 0 saturated carbocycles. The summed E-state index contributed by atoms with van der Waals surface area (Å²) in [6.07, 6.45) is 0. The Morgan fingerprint density at radius 3 is 2.38 bits per heavy atom. The van der Waals surface area contributed by atoms with Crippen LogP contribution in [0.1, 0.15) is 5.69 Å². The largest absolute Gasteiger partial charge is 0.508 e. The van der Waals surface area contributed by atoms with E-state index in [9.17, 15) is 9.90 Å². The van der Waals surface area contributed by atoms with E-state index in [4.69, 9.17) is 0 Å². The van der Waals surface area contributed by atoms with Crippen molar-refractivity contribution in [2.24, 2.45) is 0 Å².